The summed E-state index contributed by atoms with van der Waals surface area (Å²) in [6, 6.07) is 0. The van der Waals surface area contributed by atoms with Gasteiger partial charge in [0.15, 0.2) is 0 Å². The lowest BCUT2D eigenvalue weighted by molar-refractivity contribution is 0.502. The molecule has 0 saturated heterocycles. The topological polar surface area (TPSA) is 40.5 Å². The standard InChI is InChI=1S/C10H23O2PS2/c1-2-3-4-5-6-7-8-9-10-15-13(11,12)14/h2-10H2,1H3,(H2,11,12,14). The van der Waals surface area contributed by atoms with Gasteiger partial charge >= 0.3 is 0 Å². The van der Waals surface area contributed by atoms with Gasteiger partial charge in [0.2, 0.25) is 5.69 Å². The summed E-state index contributed by atoms with van der Waals surface area (Å²) in [6.07, 6.45) is 10.2. The first kappa shape index (κ1) is 15.9. The molecule has 0 aromatic heterocycles. The van der Waals surface area contributed by atoms with Gasteiger partial charge in [0.1, 0.15) is 0 Å². The lowest BCUT2D eigenvalue weighted by Crippen LogP contribution is -1.83. The highest BCUT2D eigenvalue weighted by Gasteiger charge is 2.06. The molecule has 2 nitrogen and oxygen atoms in total. The maximum atomic E-state index is 8.96. The quantitative estimate of drug-likeness (QED) is 0.464. The van der Waals surface area contributed by atoms with Gasteiger partial charge in [-0.2, -0.15) is 0 Å². The molecule has 15 heavy (non-hydrogen) atoms. The minimum Gasteiger partial charge on any atom is -0.338 e. The highest BCUT2D eigenvalue weighted by Crippen LogP contribution is 2.50. The van der Waals surface area contributed by atoms with Crippen molar-refractivity contribution in [3.63, 3.8) is 0 Å². The molecule has 0 rings (SSSR count). The molecule has 0 bridgehead atoms. The van der Waals surface area contributed by atoms with E-state index in [1.165, 1.54) is 44.9 Å². The average molecular weight is 270 g/mol. The van der Waals surface area contributed by atoms with E-state index in [0.717, 1.165) is 23.6 Å². The number of unbranched alkanes of at least 4 members (excludes halogenated alkanes) is 7. The van der Waals surface area contributed by atoms with Gasteiger partial charge in [-0.25, -0.2) is 0 Å². The van der Waals surface area contributed by atoms with Crippen LogP contribution in [-0.4, -0.2) is 15.5 Å². The first-order valence-corrected chi connectivity index (χ1v) is 10.1. The van der Waals surface area contributed by atoms with Crippen LogP contribution in [0.15, 0.2) is 0 Å². The molecule has 0 aromatic carbocycles. The van der Waals surface area contributed by atoms with Crippen LogP contribution < -0.4 is 0 Å². The van der Waals surface area contributed by atoms with Gasteiger partial charge in [-0.05, 0) is 18.2 Å². The van der Waals surface area contributed by atoms with E-state index in [2.05, 4.69) is 18.7 Å². The Bertz CT molecular complexity index is 182. The molecule has 0 heterocycles. The van der Waals surface area contributed by atoms with Crippen LogP contribution in [0.3, 0.4) is 0 Å². The van der Waals surface area contributed by atoms with Crippen molar-refractivity contribution in [2.45, 2.75) is 58.3 Å². The molecular weight excluding hydrogens is 247 g/mol. The van der Waals surface area contributed by atoms with E-state index in [1.807, 2.05) is 0 Å². The minimum atomic E-state index is -2.99. The molecular formula is C10H23O2PS2. The van der Waals surface area contributed by atoms with E-state index in [1.54, 1.807) is 0 Å². The maximum absolute atomic E-state index is 8.96. The molecule has 0 saturated carbocycles. The molecule has 92 valence electrons. The van der Waals surface area contributed by atoms with E-state index in [9.17, 15) is 0 Å². The lowest BCUT2D eigenvalue weighted by atomic mass is 10.1. The van der Waals surface area contributed by atoms with Crippen molar-refractivity contribution in [1.82, 2.24) is 0 Å². The summed E-state index contributed by atoms with van der Waals surface area (Å²) in [6.45, 7) is 2.23. The van der Waals surface area contributed by atoms with Gasteiger partial charge in [-0.15, -0.1) is 0 Å². The predicted octanol–water partition coefficient (Wildman–Crippen LogP) is 4.07. The predicted molar refractivity (Wildman–Crippen MR) is 73.8 cm³/mol. The smallest absolute Gasteiger partial charge is 0.242 e. The highest BCUT2D eigenvalue weighted by molar-refractivity contribution is 8.67. The molecule has 0 unspecified atom stereocenters. The third kappa shape index (κ3) is 14.9. The summed E-state index contributed by atoms with van der Waals surface area (Å²) in [7, 11) is 0. The van der Waals surface area contributed by atoms with Crippen molar-refractivity contribution < 1.29 is 9.79 Å². The summed E-state index contributed by atoms with van der Waals surface area (Å²) in [5.74, 6) is 0.791. The molecule has 0 radical (unpaired) electrons. The second-order valence-corrected chi connectivity index (χ2v) is 9.97. The van der Waals surface area contributed by atoms with Crippen molar-refractivity contribution in [3.05, 3.63) is 0 Å². The summed E-state index contributed by atoms with van der Waals surface area (Å²) in [4.78, 5) is 17.9. The summed E-state index contributed by atoms with van der Waals surface area (Å²) >= 11 is 5.66. The lowest BCUT2D eigenvalue weighted by Gasteiger charge is -2.05. The molecule has 0 spiro atoms. The van der Waals surface area contributed by atoms with Gasteiger partial charge in [-0.1, -0.05) is 63.3 Å². The fourth-order valence-electron chi connectivity index (χ4n) is 1.42. The van der Waals surface area contributed by atoms with Crippen molar-refractivity contribution in [2.75, 3.05) is 5.75 Å². The van der Waals surface area contributed by atoms with E-state index in [4.69, 9.17) is 9.79 Å². The monoisotopic (exact) mass is 270 g/mol. The van der Waals surface area contributed by atoms with Crippen LogP contribution >= 0.6 is 17.1 Å². The van der Waals surface area contributed by atoms with Crippen LogP contribution in [0, 0.1) is 0 Å². The van der Waals surface area contributed by atoms with Crippen LogP contribution in [0.25, 0.3) is 0 Å². The van der Waals surface area contributed by atoms with Crippen molar-refractivity contribution in [2.24, 2.45) is 0 Å². The van der Waals surface area contributed by atoms with Crippen molar-refractivity contribution in [1.29, 1.82) is 0 Å². The Kier molecular flexibility index (Phi) is 10.7. The molecule has 0 aliphatic rings. The Labute approximate surface area is 103 Å². The summed E-state index contributed by atoms with van der Waals surface area (Å²) in [5, 5.41) is 0. The van der Waals surface area contributed by atoms with Gasteiger partial charge in [-0.3, -0.25) is 0 Å². The van der Waals surface area contributed by atoms with E-state index in [-0.39, 0.29) is 0 Å². The Balaban J connectivity index is 3.02. The molecule has 0 fully saturated rings. The van der Waals surface area contributed by atoms with Crippen LogP contribution in [0.4, 0.5) is 0 Å². The first-order chi connectivity index (χ1) is 7.06. The number of rotatable bonds is 10. The van der Waals surface area contributed by atoms with E-state index >= 15 is 0 Å². The third-order valence-electron chi connectivity index (χ3n) is 2.26. The zero-order valence-corrected chi connectivity index (χ0v) is 12.0. The largest absolute Gasteiger partial charge is 0.338 e. The van der Waals surface area contributed by atoms with Gasteiger partial charge < -0.3 is 9.79 Å². The normalized spacial score (nSPS) is 11.9. The van der Waals surface area contributed by atoms with Gasteiger partial charge in [0, 0.05) is 5.75 Å². The fraction of sp³-hybridized carbons (Fsp3) is 1.00. The van der Waals surface area contributed by atoms with Gasteiger partial charge in [0.05, 0.1) is 0 Å². The first-order valence-electron chi connectivity index (χ1n) is 5.76. The Morgan fingerprint density at radius 3 is 1.87 bits per heavy atom. The summed E-state index contributed by atoms with van der Waals surface area (Å²) in [5.41, 5.74) is -2.99. The Morgan fingerprint density at radius 1 is 0.933 bits per heavy atom. The van der Waals surface area contributed by atoms with Crippen LogP contribution in [0.2, 0.25) is 0 Å². The van der Waals surface area contributed by atoms with Crippen LogP contribution in [-0.2, 0) is 11.8 Å². The minimum absolute atomic E-state index is 0.791. The summed E-state index contributed by atoms with van der Waals surface area (Å²) < 4.78 is 0. The van der Waals surface area contributed by atoms with Crippen molar-refractivity contribution in [3.8, 4) is 0 Å². The maximum Gasteiger partial charge on any atom is 0.242 e. The Morgan fingerprint density at radius 2 is 1.40 bits per heavy atom. The molecule has 0 atom stereocenters. The molecule has 0 aliphatic heterocycles. The number of hydrogen-bond acceptors (Lipinski definition) is 2. The molecule has 2 N–H and O–H groups in total. The fourth-order valence-corrected chi connectivity index (χ4v) is 3.76. The third-order valence-corrected chi connectivity index (χ3v) is 5.57. The molecule has 0 aromatic rings. The van der Waals surface area contributed by atoms with Crippen LogP contribution in [0.1, 0.15) is 58.3 Å². The SMILES string of the molecule is CCCCCCCCCCSP(O)(O)=S. The van der Waals surface area contributed by atoms with Crippen LogP contribution in [0.5, 0.6) is 0 Å². The number of hydrogen-bond donors (Lipinski definition) is 2. The Hall–Kier alpha value is 0.920. The molecule has 0 aliphatic carbocycles. The zero-order chi connectivity index (χ0) is 11.6. The molecule has 5 heteroatoms. The van der Waals surface area contributed by atoms with E-state index in [0.29, 0.717) is 0 Å². The van der Waals surface area contributed by atoms with E-state index < -0.39 is 5.69 Å². The average Bonchev–Trinajstić information content (AvgIpc) is 2.14. The second-order valence-electron chi connectivity index (χ2n) is 3.80. The van der Waals surface area contributed by atoms with Crippen molar-refractivity contribution >= 4 is 28.9 Å². The molecule has 0 amide bonds. The van der Waals surface area contributed by atoms with Gasteiger partial charge in [0.25, 0.3) is 0 Å². The zero-order valence-electron chi connectivity index (χ0n) is 9.52. The highest BCUT2D eigenvalue weighted by atomic mass is 32.9. The second kappa shape index (κ2) is 10.1.